The number of hydrogen-bond acceptors (Lipinski definition) is 6. The number of ether oxygens (including phenoxy) is 2. The molecule has 3 aromatic rings. The number of esters is 1. The quantitative estimate of drug-likeness (QED) is 0.711. The molecular formula is C19H19N3O5. The molecule has 0 unspecified atom stereocenters. The largest absolute Gasteiger partial charge is 0.497 e. The van der Waals surface area contributed by atoms with Crippen LogP contribution in [0.3, 0.4) is 0 Å². The third kappa shape index (κ3) is 2.73. The SMILES string of the molecule is COC(=O)[C@H]1Cc2nc[nH]c2CN1C(=O)c1oc2cc(OC)ccc2c1C. The predicted octanol–water partition coefficient (Wildman–Crippen LogP) is 2.21. The highest BCUT2D eigenvalue weighted by Crippen LogP contribution is 2.31. The number of nitrogens with one attached hydrogen (secondary N) is 1. The summed E-state index contributed by atoms with van der Waals surface area (Å²) in [6, 6.07) is 4.65. The third-order valence-corrected chi connectivity index (χ3v) is 4.97. The summed E-state index contributed by atoms with van der Waals surface area (Å²) < 4.78 is 16.0. The van der Waals surface area contributed by atoms with Gasteiger partial charge in [0.05, 0.1) is 38.5 Å². The maximum atomic E-state index is 13.3. The Kier molecular flexibility index (Phi) is 4.10. The van der Waals surface area contributed by atoms with E-state index in [4.69, 9.17) is 13.9 Å². The molecule has 8 heteroatoms. The Labute approximate surface area is 155 Å². The number of carbonyl (C=O) groups is 2. The van der Waals surface area contributed by atoms with E-state index >= 15 is 0 Å². The molecule has 140 valence electrons. The summed E-state index contributed by atoms with van der Waals surface area (Å²) in [5.74, 6) is 0.00336. The van der Waals surface area contributed by atoms with Crippen molar-refractivity contribution in [2.75, 3.05) is 14.2 Å². The lowest BCUT2D eigenvalue weighted by Crippen LogP contribution is -2.49. The molecule has 1 aliphatic heterocycles. The van der Waals surface area contributed by atoms with Crippen LogP contribution >= 0.6 is 0 Å². The molecule has 27 heavy (non-hydrogen) atoms. The van der Waals surface area contributed by atoms with E-state index in [0.29, 0.717) is 17.8 Å². The van der Waals surface area contributed by atoms with Gasteiger partial charge >= 0.3 is 5.97 Å². The van der Waals surface area contributed by atoms with Crippen molar-refractivity contribution in [1.29, 1.82) is 0 Å². The van der Waals surface area contributed by atoms with Crippen molar-refractivity contribution in [2.24, 2.45) is 0 Å². The highest BCUT2D eigenvalue weighted by Gasteiger charge is 2.38. The van der Waals surface area contributed by atoms with Crippen LogP contribution in [-0.2, 0) is 22.5 Å². The minimum Gasteiger partial charge on any atom is -0.497 e. The van der Waals surface area contributed by atoms with Crippen LogP contribution in [0.1, 0.15) is 27.5 Å². The second-order valence-corrected chi connectivity index (χ2v) is 6.42. The molecule has 0 radical (unpaired) electrons. The minimum atomic E-state index is -0.750. The summed E-state index contributed by atoms with van der Waals surface area (Å²) in [7, 11) is 2.88. The highest BCUT2D eigenvalue weighted by molar-refractivity contribution is 6.00. The van der Waals surface area contributed by atoms with Gasteiger partial charge in [0.1, 0.15) is 17.4 Å². The van der Waals surface area contributed by atoms with Gasteiger partial charge < -0.3 is 23.8 Å². The van der Waals surface area contributed by atoms with Gasteiger partial charge in [0, 0.05) is 23.4 Å². The molecule has 0 saturated carbocycles. The summed E-state index contributed by atoms with van der Waals surface area (Å²) in [4.78, 5) is 34.3. The Balaban J connectivity index is 1.75. The standard InChI is InChI=1S/C19H19N3O5/c1-10-12-5-4-11(25-2)6-16(12)27-17(10)18(23)22-8-14-13(20-9-21-14)7-15(22)19(24)26-3/h4-6,9,15H,7-8H2,1-3H3,(H,20,21)/t15-/m1/s1. The molecule has 1 aliphatic rings. The predicted molar refractivity (Wildman–Crippen MR) is 95.5 cm³/mol. The number of rotatable bonds is 3. The van der Waals surface area contributed by atoms with Crippen LogP contribution in [0.15, 0.2) is 28.9 Å². The minimum absolute atomic E-state index is 0.204. The molecule has 0 bridgehead atoms. The first-order chi connectivity index (χ1) is 13.0. The number of methoxy groups -OCH3 is 2. The topological polar surface area (TPSA) is 97.7 Å². The van der Waals surface area contributed by atoms with E-state index < -0.39 is 12.0 Å². The Morgan fingerprint density at radius 2 is 2.15 bits per heavy atom. The molecule has 1 N–H and O–H groups in total. The van der Waals surface area contributed by atoms with Crippen molar-refractivity contribution < 1.29 is 23.5 Å². The molecule has 8 nitrogen and oxygen atoms in total. The first-order valence-corrected chi connectivity index (χ1v) is 8.50. The van der Waals surface area contributed by atoms with Crippen molar-refractivity contribution >= 4 is 22.8 Å². The molecule has 0 saturated heterocycles. The fourth-order valence-electron chi connectivity index (χ4n) is 3.46. The molecular weight excluding hydrogens is 350 g/mol. The molecule has 0 spiro atoms. The van der Waals surface area contributed by atoms with E-state index in [1.54, 1.807) is 19.5 Å². The Morgan fingerprint density at radius 1 is 1.33 bits per heavy atom. The maximum absolute atomic E-state index is 13.3. The van der Waals surface area contributed by atoms with Gasteiger partial charge in [-0.3, -0.25) is 4.79 Å². The highest BCUT2D eigenvalue weighted by atomic mass is 16.5. The van der Waals surface area contributed by atoms with Crippen molar-refractivity contribution in [1.82, 2.24) is 14.9 Å². The zero-order chi connectivity index (χ0) is 19.1. The number of aryl methyl sites for hydroxylation is 1. The molecule has 0 fully saturated rings. The number of aromatic nitrogens is 2. The molecule has 1 atom stereocenters. The number of fused-ring (bicyclic) bond motifs is 2. The molecule has 1 amide bonds. The van der Waals surface area contributed by atoms with Gasteiger partial charge in [-0.15, -0.1) is 0 Å². The zero-order valence-corrected chi connectivity index (χ0v) is 15.2. The van der Waals surface area contributed by atoms with Crippen LogP contribution in [0.4, 0.5) is 0 Å². The Bertz CT molecular complexity index is 1040. The van der Waals surface area contributed by atoms with Crippen LogP contribution in [0.2, 0.25) is 0 Å². The van der Waals surface area contributed by atoms with Gasteiger partial charge in [0.2, 0.25) is 0 Å². The first kappa shape index (κ1) is 17.1. The second-order valence-electron chi connectivity index (χ2n) is 6.42. The number of aromatic amines is 1. The number of amides is 1. The number of carbonyl (C=O) groups excluding carboxylic acids is 2. The first-order valence-electron chi connectivity index (χ1n) is 8.50. The molecule has 3 heterocycles. The van der Waals surface area contributed by atoms with E-state index in [-0.39, 0.29) is 18.2 Å². The van der Waals surface area contributed by atoms with Crippen LogP contribution in [0.25, 0.3) is 11.0 Å². The van der Waals surface area contributed by atoms with Gasteiger partial charge in [-0.05, 0) is 19.1 Å². The van der Waals surface area contributed by atoms with Gasteiger partial charge in [-0.1, -0.05) is 0 Å². The Morgan fingerprint density at radius 3 is 2.89 bits per heavy atom. The van der Waals surface area contributed by atoms with Gasteiger partial charge in [0.25, 0.3) is 5.91 Å². The van der Waals surface area contributed by atoms with E-state index in [1.807, 2.05) is 19.1 Å². The van der Waals surface area contributed by atoms with Crippen LogP contribution in [0.5, 0.6) is 5.75 Å². The van der Waals surface area contributed by atoms with E-state index in [0.717, 1.165) is 22.3 Å². The number of hydrogen-bond donors (Lipinski definition) is 1. The van der Waals surface area contributed by atoms with Gasteiger partial charge in [-0.25, -0.2) is 9.78 Å². The summed E-state index contributed by atoms with van der Waals surface area (Å²) in [5, 5.41) is 0.827. The fourth-order valence-corrected chi connectivity index (χ4v) is 3.46. The van der Waals surface area contributed by atoms with Crippen LogP contribution < -0.4 is 4.74 Å². The van der Waals surface area contributed by atoms with E-state index in [9.17, 15) is 9.59 Å². The molecule has 2 aromatic heterocycles. The van der Waals surface area contributed by atoms with Crippen molar-refractivity contribution in [3.63, 3.8) is 0 Å². The van der Waals surface area contributed by atoms with E-state index in [2.05, 4.69) is 9.97 Å². The molecule has 4 rings (SSSR count). The average Bonchev–Trinajstić information content (AvgIpc) is 3.29. The number of imidazole rings is 1. The van der Waals surface area contributed by atoms with Crippen molar-refractivity contribution in [3.05, 3.63) is 47.2 Å². The maximum Gasteiger partial charge on any atom is 0.329 e. The fraction of sp³-hybridized carbons (Fsp3) is 0.316. The van der Waals surface area contributed by atoms with E-state index in [1.165, 1.54) is 12.0 Å². The van der Waals surface area contributed by atoms with Crippen LogP contribution in [-0.4, -0.2) is 47.0 Å². The lowest BCUT2D eigenvalue weighted by atomic mass is 10.0. The molecule has 1 aromatic carbocycles. The monoisotopic (exact) mass is 369 g/mol. The normalized spacial score (nSPS) is 16.3. The van der Waals surface area contributed by atoms with Crippen LogP contribution in [0, 0.1) is 6.92 Å². The smallest absolute Gasteiger partial charge is 0.329 e. The Hall–Kier alpha value is -3.29. The summed E-state index contributed by atoms with van der Waals surface area (Å²) >= 11 is 0. The van der Waals surface area contributed by atoms with Gasteiger partial charge in [0.15, 0.2) is 5.76 Å². The second kappa shape index (κ2) is 6.46. The zero-order valence-electron chi connectivity index (χ0n) is 15.2. The lowest BCUT2D eigenvalue weighted by molar-refractivity contribution is -0.146. The van der Waals surface area contributed by atoms with Crippen molar-refractivity contribution in [3.8, 4) is 5.75 Å². The number of furan rings is 1. The van der Waals surface area contributed by atoms with Gasteiger partial charge in [-0.2, -0.15) is 0 Å². The number of benzene rings is 1. The summed E-state index contributed by atoms with van der Waals surface area (Å²) in [6.07, 6.45) is 1.86. The lowest BCUT2D eigenvalue weighted by Gasteiger charge is -2.32. The third-order valence-electron chi connectivity index (χ3n) is 4.97. The average molecular weight is 369 g/mol. The number of nitrogens with zero attached hydrogens (tertiary/aromatic N) is 2. The van der Waals surface area contributed by atoms with Crippen molar-refractivity contribution in [2.45, 2.75) is 25.9 Å². The number of H-pyrrole nitrogens is 1. The summed E-state index contributed by atoms with van der Waals surface area (Å²) in [5.41, 5.74) is 2.85. The summed E-state index contributed by atoms with van der Waals surface area (Å²) in [6.45, 7) is 2.05. The molecule has 0 aliphatic carbocycles.